The Morgan fingerprint density at radius 3 is 1.92 bits per heavy atom. The lowest BCUT2D eigenvalue weighted by molar-refractivity contribution is -0.143. The van der Waals surface area contributed by atoms with Crippen molar-refractivity contribution < 1.29 is 26.3 Å². The van der Waals surface area contributed by atoms with Gasteiger partial charge in [0.15, 0.2) is 0 Å². The van der Waals surface area contributed by atoms with Crippen molar-refractivity contribution >= 4 is 12.4 Å². The van der Waals surface area contributed by atoms with Gasteiger partial charge < -0.3 is 5.73 Å². The lowest BCUT2D eigenvalue weighted by Gasteiger charge is -2.23. The Bertz CT molecular complexity index is 540. The first kappa shape index (κ1) is 21.1. The molecule has 24 heavy (non-hydrogen) atoms. The second-order valence-electron chi connectivity index (χ2n) is 6.39. The van der Waals surface area contributed by atoms with Crippen molar-refractivity contribution in [1.82, 2.24) is 4.90 Å². The Morgan fingerprint density at radius 1 is 1.04 bits per heavy atom. The zero-order valence-corrected chi connectivity index (χ0v) is 13.8. The highest BCUT2D eigenvalue weighted by Gasteiger charge is 2.37. The number of likely N-dealkylation sites (tertiary alicyclic amines) is 1. The van der Waals surface area contributed by atoms with Gasteiger partial charge in [-0.15, -0.1) is 12.4 Å². The monoisotopic (exact) mass is 376 g/mol. The fraction of sp³-hybridized carbons (Fsp3) is 0.600. The van der Waals surface area contributed by atoms with E-state index in [9.17, 15) is 26.3 Å². The van der Waals surface area contributed by atoms with Crippen LogP contribution >= 0.6 is 12.4 Å². The van der Waals surface area contributed by atoms with Crippen molar-refractivity contribution in [3.8, 4) is 0 Å². The normalized spacial score (nSPS) is 22.5. The van der Waals surface area contributed by atoms with Crippen LogP contribution in [0.15, 0.2) is 18.2 Å². The number of hydrogen-bond donors (Lipinski definition) is 1. The van der Waals surface area contributed by atoms with Gasteiger partial charge in [0.1, 0.15) is 0 Å². The molecule has 1 saturated heterocycles. The average molecular weight is 377 g/mol. The van der Waals surface area contributed by atoms with E-state index in [1.54, 1.807) is 0 Å². The van der Waals surface area contributed by atoms with Crippen molar-refractivity contribution in [2.75, 3.05) is 19.6 Å². The van der Waals surface area contributed by atoms with E-state index in [2.05, 4.69) is 0 Å². The molecular formula is C15H19ClF6N2. The smallest absolute Gasteiger partial charge is 0.330 e. The predicted octanol–water partition coefficient (Wildman–Crippen LogP) is 4.32. The molecule has 0 amide bonds. The summed E-state index contributed by atoms with van der Waals surface area (Å²) in [5.74, 6) is 0. The number of halogens is 7. The number of nitrogens with zero attached hydrogens (tertiary/aromatic N) is 1. The molecule has 1 heterocycles. The van der Waals surface area contributed by atoms with Gasteiger partial charge in [0, 0.05) is 13.1 Å². The zero-order chi connectivity index (χ0) is 17.5. The van der Waals surface area contributed by atoms with Crippen LogP contribution in [0.3, 0.4) is 0 Å². The summed E-state index contributed by atoms with van der Waals surface area (Å²) in [5.41, 5.74) is 2.98. The van der Waals surface area contributed by atoms with Gasteiger partial charge in [-0.2, -0.15) is 26.3 Å². The third-order valence-corrected chi connectivity index (χ3v) is 4.18. The van der Waals surface area contributed by atoms with E-state index in [-0.39, 0.29) is 36.0 Å². The minimum absolute atomic E-state index is 0. The van der Waals surface area contributed by atoms with E-state index in [0.29, 0.717) is 19.6 Å². The Hall–Kier alpha value is -0.990. The van der Waals surface area contributed by atoms with Crippen molar-refractivity contribution in [3.05, 3.63) is 34.9 Å². The summed E-state index contributed by atoms with van der Waals surface area (Å²) in [7, 11) is 0. The standard InChI is InChI=1S/C15H18F6N2.ClH/c1-13(8-22)2-3-23(9-13)7-10-4-11(14(16,17)18)6-12(5-10)15(19,20)21;/h4-6H,2-3,7-9,22H2,1H3;1H. The average Bonchev–Trinajstić information content (AvgIpc) is 2.79. The molecule has 1 aliphatic rings. The van der Waals surface area contributed by atoms with Crippen LogP contribution in [0.4, 0.5) is 26.3 Å². The molecule has 2 nitrogen and oxygen atoms in total. The second kappa shape index (κ2) is 7.09. The van der Waals surface area contributed by atoms with Gasteiger partial charge in [0.05, 0.1) is 11.1 Å². The van der Waals surface area contributed by atoms with Crippen LogP contribution in [-0.4, -0.2) is 24.5 Å². The summed E-state index contributed by atoms with van der Waals surface area (Å²) in [6.45, 7) is 3.59. The third kappa shape index (κ3) is 5.00. The quantitative estimate of drug-likeness (QED) is 0.796. The molecule has 138 valence electrons. The fourth-order valence-corrected chi connectivity index (χ4v) is 2.80. The highest BCUT2D eigenvalue weighted by atomic mass is 35.5. The van der Waals surface area contributed by atoms with Crippen LogP contribution in [0.2, 0.25) is 0 Å². The molecule has 0 radical (unpaired) electrons. The fourth-order valence-electron chi connectivity index (χ4n) is 2.80. The first-order chi connectivity index (χ1) is 10.4. The maximum atomic E-state index is 12.8. The van der Waals surface area contributed by atoms with Crippen LogP contribution in [0.1, 0.15) is 30.0 Å². The van der Waals surface area contributed by atoms with Gasteiger partial charge in [-0.1, -0.05) is 6.92 Å². The van der Waals surface area contributed by atoms with Gasteiger partial charge in [0.2, 0.25) is 0 Å². The number of rotatable bonds is 3. The summed E-state index contributed by atoms with van der Waals surface area (Å²) in [6.07, 6.45) is -8.85. The molecule has 9 heteroatoms. The van der Waals surface area contributed by atoms with Crippen LogP contribution in [-0.2, 0) is 18.9 Å². The Labute approximate surface area is 142 Å². The molecule has 0 saturated carbocycles. The first-order valence-corrected chi connectivity index (χ1v) is 7.14. The molecule has 1 aliphatic heterocycles. The molecule has 0 aliphatic carbocycles. The van der Waals surface area contributed by atoms with Crippen molar-refractivity contribution in [1.29, 1.82) is 0 Å². The van der Waals surface area contributed by atoms with Crippen LogP contribution in [0.25, 0.3) is 0 Å². The summed E-state index contributed by atoms with van der Waals surface area (Å²) >= 11 is 0. The Balaban J connectivity index is 0.00000288. The van der Waals surface area contributed by atoms with Gasteiger partial charge in [0.25, 0.3) is 0 Å². The highest BCUT2D eigenvalue weighted by molar-refractivity contribution is 5.85. The minimum atomic E-state index is -4.81. The van der Waals surface area contributed by atoms with Gasteiger partial charge in [-0.25, -0.2) is 0 Å². The van der Waals surface area contributed by atoms with E-state index in [4.69, 9.17) is 5.73 Å². The third-order valence-electron chi connectivity index (χ3n) is 4.18. The van der Waals surface area contributed by atoms with Crippen molar-refractivity contribution in [2.24, 2.45) is 11.1 Å². The van der Waals surface area contributed by atoms with E-state index in [1.165, 1.54) is 0 Å². The lowest BCUT2D eigenvalue weighted by Crippen LogP contribution is -2.31. The van der Waals surface area contributed by atoms with Crippen LogP contribution < -0.4 is 5.73 Å². The SMILES string of the molecule is CC1(CN)CCN(Cc2cc(C(F)(F)F)cc(C(F)(F)F)c2)C1.Cl. The molecule has 2 N–H and O–H groups in total. The maximum Gasteiger partial charge on any atom is 0.416 e. The lowest BCUT2D eigenvalue weighted by atomic mass is 9.90. The molecule has 2 rings (SSSR count). The van der Waals surface area contributed by atoms with Crippen LogP contribution in [0.5, 0.6) is 0 Å². The largest absolute Gasteiger partial charge is 0.416 e. The van der Waals surface area contributed by atoms with Crippen LogP contribution in [0, 0.1) is 5.41 Å². The van der Waals surface area contributed by atoms with Gasteiger partial charge in [-0.3, -0.25) is 4.90 Å². The van der Waals surface area contributed by atoms with Gasteiger partial charge in [-0.05, 0) is 48.7 Å². The summed E-state index contributed by atoms with van der Waals surface area (Å²) < 4.78 is 77.0. The number of hydrogen-bond acceptors (Lipinski definition) is 2. The molecule has 1 aromatic rings. The maximum absolute atomic E-state index is 12.8. The molecule has 1 aromatic carbocycles. The molecule has 0 aromatic heterocycles. The highest BCUT2D eigenvalue weighted by Crippen LogP contribution is 2.37. The summed E-state index contributed by atoms with van der Waals surface area (Å²) in [5, 5.41) is 0. The number of alkyl halides is 6. The Morgan fingerprint density at radius 2 is 1.54 bits per heavy atom. The second-order valence-corrected chi connectivity index (χ2v) is 6.39. The molecule has 0 bridgehead atoms. The first-order valence-electron chi connectivity index (χ1n) is 7.14. The topological polar surface area (TPSA) is 29.3 Å². The van der Waals surface area contributed by atoms with E-state index in [1.807, 2.05) is 11.8 Å². The van der Waals surface area contributed by atoms with Crippen molar-refractivity contribution in [3.63, 3.8) is 0 Å². The zero-order valence-electron chi connectivity index (χ0n) is 13.0. The summed E-state index contributed by atoms with van der Waals surface area (Å²) in [4.78, 5) is 1.84. The Kier molecular flexibility index (Phi) is 6.22. The predicted molar refractivity (Wildman–Crippen MR) is 80.7 cm³/mol. The molecule has 1 atom stereocenters. The molecule has 1 unspecified atom stereocenters. The molecular weight excluding hydrogens is 358 g/mol. The van der Waals surface area contributed by atoms with E-state index in [0.717, 1.165) is 18.6 Å². The minimum Gasteiger partial charge on any atom is -0.330 e. The molecule has 0 spiro atoms. The number of nitrogens with two attached hydrogens (primary N) is 1. The number of benzene rings is 1. The van der Waals surface area contributed by atoms with Crippen molar-refractivity contribution in [2.45, 2.75) is 32.2 Å². The van der Waals surface area contributed by atoms with Gasteiger partial charge >= 0.3 is 12.4 Å². The van der Waals surface area contributed by atoms with E-state index >= 15 is 0 Å². The summed E-state index contributed by atoms with van der Waals surface area (Å²) in [6, 6.07) is 1.72. The van der Waals surface area contributed by atoms with E-state index < -0.39 is 23.5 Å². The molecule has 1 fully saturated rings.